The van der Waals surface area contributed by atoms with Crippen molar-refractivity contribution >= 4 is 21.8 Å². The summed E-state index contributed by atoms with van der Waals surface area (Å²) in [5, 5.41) is 7.03. The molecule has 0 bridgehead atoms. The zero-order valence-corrected chi connectivity index (χ0v) is 20.2. The Hall–Kier alpha value is -3.31. The Morgan fingerprint density at radius 3 is 2.71 bits per heavy atom. The summed E-state index contributed by atoms with van der Waals surface area (Å²) in [7, 11) is -3.29. The van der Waals surface area contributed by atoms with E-state index in [1.54, 1.807) is 35.2 Å². The van der Waals surface area contributed by atoms with Crippen molar-refractivity contribution in [3.8, 4) is 11.4 Å². The van der Waals surface area contributed by atoms with Crippen LogP contribution in [0.1, 0.15) is 24.8 Å². The lowest BCUT2D eigenvalue weighted by atomic mass is 10.0. The molecule has 11 heteroatoms. The Morgan fingerprint density at radius 2 is 2.00 bits per heavy atom. The van der Waals surface area contributed by atoms with E-state index in [0.717, 1.165) is 19.1 Å². The van der Waals surface area contributed by atoms with Crippen LogP contribution in [0.15, 0.2) is 57.9 Å². The second-order valence-corrected chi connectivity index (χ2v) is 10.8. The third kappa shape index (κ3) is 6.23. The second-order valence-electron chi connectivity index (χ2n) is 8.74. The number of hydrogen-bond acceptors (Lipinski definition) is 8. The number of sulfone groups is 1. The van der Waals surface area contributed by atoms with Crippen LogP contribution in [0.4, 0.5) is 10.4 Å². The molecule has 1 amide bonds. The lowest BCUT2D eigenvalue weighted by molar-refractivity contribution is -0.132. The van der Waals surface area contributed by atoms with E-state index in [1.165, 1.54) is 18.2 Å². The highest BCUT2D eigenvalue weighted by atomic mass is 32.2. The maximum Gasteiger partial charge on any atom is 0.321 e. The van der Waals surface area contributed by atoms with E-state index in [9.17, 15) is 17.6 Å². The van der Waals surface area contributed by atoms with Gasteiger partial charge >= 0.3 is 6.01 Å². The fourth-order valence-corrected chi connectivity index (χ4v) is 4.84. The molecule has 4 rings (SSSR count). The van der Waals surface area contributed by atoms with Crippen molar-refractivity contribution in [3.05, 3.63) is 59.9 Å². The molecule has 1 aliphatic rings. The highest BCUT2D eigenvalue weighted by Gasteiger charge is 2.30. The molecule has 2 aromatic carbocycles. The largest absolute Gasteiger partial charge is 0.338 e. The third-order valence-electron chi connectivity index (χ3n) is 6.03. The number of nitrogens with two attached hydrogens (primary N) is 1. The summed E-state index contributed by atoms with van der Waals surface area (Å²) in [6.45, 7) is 1.07. The number of halogens is 1. The van der Waals surface area contributed by atoms with Gasteiger partial charge in [-0.1, -0.05) is 23.4 Å². The van der Waals surface area contributed by atoms with Gasteiger partial charge in [0.1, 0.15) is 5.82 Å². The number of aromatic nitrogens is 2. The van der Waals surface area contributed by atoms with Crippen molar-refractivity contribution in [1.29, 1.82) is 0 Å². The molecule has 3 N–H and O–H groups in total. The van der Waals surface area contributed by atoms with E-state index in [-0.39, 0.29) is 35.1 Å². The van der Waals surface area contributed by atoms with E-state index >= 15 is 0 Å². The van der Waals surface area contributed by atoms with Gasteiger partial charge in [-0.2, -0.15) is 4.98 Å². The van der Waals surface area contributed by atoms with Crippen LogP contribution in [0, 0.1) is 5.82 Å². The van der Waals surface area contributed by atoms with Gasteiger partial charge in [0.25, 0.3) is 0 Å². The van der Waals surface area contributed by atoms with Crippen molar-refractivity contribution in [2.45, 2.75) is 42.7 Å². The third-order valence-corrected chi connectivity index (χ3v) is 7.16. The van der Waals surface area contributed by atoms with Gasteiger partial charge in [0.2, 0.25) is 11.7 Å². The van der Waals surface area contributed by atoms with Gasteiger partial charge in [-0.25, -0.2) is 12.8 Å². The monoisotopic (exact) mass is 501 g/mol. The minimum Gasteiger partial charge on any atom is -0.338 e. The van der Waals surface area contributed by atoms with E-state index < -0.39 is 15.9 Å². The molecule has 35 heavy (non-hydrogen) atoms. The van der Waals surface area contributed by atoms with Crippen LogP contribution in [-0.4, -0.2) is 60.8 Å². The zero-order valence-electron chi connectivity index (χ0n) is 19.4. The van der Waals surface area contributed by atoms with Crippen molar-refractivity contribution in [3.63, 3.8) is 0 Å². The van der Waals surface area contributed by atoms with E-state index in [1.807, 2.05) is 0 Å². The van der Waals surface area contributed by atoms with Crippen LogP contribution in [0.5, 0.6) is 0 Å². The van der Waals surface area contributed by atoms with Gasteiger partial charge in [-0.3, -0.25) is 4.79 Å². The Labute approximate surface area is 203 Å². The number of nitrogens with zero attached hydrogens (tertiary/aromatic N) is 3. The molecule has 2 atom stereocenters. The van der Waals surface area contributed by atoms with Crippen molar-refractivity contribution < 1.29 is 22.1 Å². The molecule has 1 aliphatic heterocycles. The van der Waals surface area contributed by atoms with E-state index in [4.69, 9.17) is 10.3 Å². The first-order chi connectivity index (χ1) is 16.7. The van der Waals surface area contributed by atoms with Crippen LogP contribution < -0.4 is 11.1 Å². The molecule has 0 aliphatic carbocycles. The Bertz CT molecular complexity index is 1280. The number of benzene rings is 2. The lowest BCUT2D eigenvalue weighted by Gasteiger charge is -2.26. The first-order valence-corrected chi connectivity index (χ1v) is 13.3. The maximum atomic E-state index is 13.9. The fraction of sp³-hybridized carbons (Fsp3) is 0.375. The van der Waals surface area contributed by atoms with Crippen molar-refractivity contribution in [2.75, 3.05) is 24.7 Å². The Morgan fingerprint density at radius 1 is 1.26 bits per heavy atom. The average Bonchev–Trinajstić information content (AvgIpc) is 3.48. The van der Waals surface area contributed by atoms with Gasteiger partial charge in [-0.05, 0) is 55.2 Å². The number of anilines is 1. The summed E-state index contributed by atoms with van der Waals surface area (Å²) in [4.78, 5) is 19.2. The molecular formula is C24H28FN5O4S. The first kappa shape index (κ1) is 24.8. The highest BCUT2D eigenvalue weighted by molar-refractivity contribution is 7.90. The number of rotatable bonds is 9. The quantitative estimate of drug-likeness (QED) is 0.457. The molecule has 2 heterocycles. The smallest absolute Gasteiger partial charge is 0.321 e. The molecule has 3 aromatic rings. The van der Waals surface area contributed by atoms with Gasteiger partial charge < -0.3 is 20.5 Å². The van der Waals surface area contributed by atoms with Crippen LogP contribution in [0.3, 0.4) is 0 Å². The van der Waals surface area contributed by atoms with Crippen molar-refractivity contribution in [2.24, 2.45) is 5.73 Å². The summed E-state index contributed by atoms with van der Waals surface area (Å²) in [5.41, 5.74) is 7.27. The summed E-state index contributed by atoms with van der Waals surface area (Å²) in [6, 6.07) is 12.4. The Kier molecular flexibility index (Phi) is 7.46. The number of amides is 1. The summed E-state index contributed by atoms with van der Waals surface area (Å²) in [6.07, 6.45) is 3.29. The molecule has 186 valence electrons. The van der Waals surface area contributed by atoms with Crippen LogP contribution in [-0.2, 0) is 21.1 Å². The second kappa shape index (κ2) is 10.5. The number of likely N-dealkylation sites (tertiary alicyclic amines) is 1. The minimum atomic E-state index is -3.29. The van der Waals surface area contributed by atoms with Crippen LogP contribution in [0.2, 0.25) is 0 Å². The highest BCUT2D eigenvalue weighted by Crippen LogP contribution is 2.22. The summed E-state index contributed by atoms with van der Waals surface area (Å²) in [5.74, 6) is -0.0507. The topological polar surface area (TPSA) is 131 Å². The van der Waals surface area contributed by atoms with Crippen LogP contribution in [0.25, 0.3) is 11.4 Å². The SMILES string of the molecule is CS(=O)(=O)c1ccc(-c2noc(NC[C@@H]3CCCN3C(=O)C[C@H](N)Cc3ccccc3F)n2)cc1. The van der Waals surface area contributed by atoms with Crippen molar-refractivity contribution in [1.82, 2.24) is 15.0 Å². The van der Waals surface area contributed by atoms with Gasteiger partial charge in [0, 0.05) is 43.4 Å². The zero-order chi connectivity index (χ0) is 25.0. The molecule has 1 aromatic heterocycles. The van der Waals surface area contributed by atoms with Crippen LogP contribution >= 0.6 is 0 Å². The molecule has 9 nitrogen and oxygen atoms in total. The van der Waals surface area contributed by atoms with Gasteiger partial charge in [0.05, 0.1) is 4.90 Å². The fourth-order valence-electron chi connectivity index (χ4n) is 4.21. The maximum absolute atomic E-state index is 13.9. The van der Waals surface area contributed by atoms with Gasteiger partial charge in [-0.15, -0.1) is 0 Å². The minimum absolute atomic E-state index is 0.0486. The number of nitrogens with one attached hydrogen (secondary N) is 1. The molecule has 1 fully saturated rings. The predicted octanol–water partition coefficient (Wildman–Crippen LogP) is 2.64. The molecule has 0 saturated carbocycles. The normalized spacial score (nSPS) is 16.9. The standard InChI is InChI=1S/C24H28FN5O4S/c1-35(32,33)20-10-8-16(9-11-20)23-28-24(34-29-23)27-15-19-6-4-12-30(19)22(31)14-18(26)13-17-5-2-3-7-21(17)25/h2-3,5,7-11,18-19H,4,6,12-15,26H2,1H3,(H,27,28,29)/t18-,19+/m1/s1. The molecule has 0 unspecified atom stereocenters. The molecule has 1 saturated heterocycles. The summed E-state index contributed by atoms with van der Waals surface area (Å²) < 4.78 is 42.4. The average molecular weight is 502 g/mol. The molecular weight excluding hydrogens is 473 g/mol. The predicted molar refractivity (Wildman–Crippen MR) is 129 cm³/mol. The first-order valence-electron chi connectivity index (χ1n) is 11.4. The van der Waals surface area contributed by atoms with Gasteiger partial charge in [0.15, 0.2) is 9.84 Å². The molecule has 0 radical (unpaired) electrons. The lowest BCUT2D eigenvalue weighted by Crippen LogP contribution is -2.42. The van der Waals surface area contributed by atoms with E-state index in [2.05, 4.69) is 15.5 Å². The number of carbonyl (C=O) groups is 1. The summed E-state index contributed by atoms with van der Waals surface area (Å²) >= 11 is 0. The Balaban J connectivity index is 1.31. The van der Waals surface area contributed by atoms with E-state index in [0.29, 0.717) is 36.5 Å². The molecule has 0 spiro atoms. The number of hydrogen-bond donors (Lipinski definition) is 2. The number of carbonyl (C=O) groups excluding carboxylic acids is 1.